The number of fused-ring (bicyclic) bond motifs is 7. The summed E-state index contributed by atoms with van der Waals surface area (Å²) in [6.45, 7) is 6.72. The number of hydrogen-bond acceptors (Lipinski definition) is 5. The standard InChI is InChI=1S/C25H30Cl3NO4/c1-4-20-32-19-9-14-15-8-17(26)16-7-13(30)5-6-21(16,2)24(15,28)18(27)10-22(14,3)25(19,33-20)23(11-29)12-31-23/h7,14-15,17-20H,4-6,8-10,12H2,1-3H3/t14-,15-,17-,18-,19+,20?,21-,22-,23?,24-,25+/m0/s1. The molecule has 11 atom stereocenters. The van der Waals surface area contributed by atoms with E-state index in [9.17, 15) is 10.1 Å². The minimum atomic E-state index is -1.02. The molecule has 6 aliphatic rings. The molecule has 0 spiro atoms. The predicted octanol–water partition coefficient (Wildman–Crippen LogP) is 5.11. The molecule has 0 amide bonds. The van der Waals surface area contributed by atoms with Crippen molar-refractivity contribution in [1.82, 2.24) is 0 Å². The Morgan fingerprint density at radius 1 is 1.24 bits per heavy atom. The summed E-state index contributed by atoms with van der Waals surface area (Å²) >= 11 is 22.0. The molecule has 0 aromatic heterocycles. The summed E-state index contributed by atoms with van der Waals surface area (Å²) in [4.78, 5) is 11.5. The lowest BCUT2D eigenvalue weighted by molar-refractivity contribution is -0.188. The number of alkyl halides is 3. The van der Waals surface area contributed by atoms with Crippen LogP contribution in [0.25, 0.3) is 0 Å². The van der Waals surface area contributed by atoms with Crippen molar-refractivity contribution in [1.29, 1.82) is 5.26 Å². The van der Waals surface area contributed by atoms with E-state index in [0.717, 1.165) is 12.0 Å². The molecule has 2 aliphatic heterocycles. The lowest BCUT2D eigenvalue weighted by Crippen LogP contribution is -2.70. The molecule has 180 valence electrons. The number of carbonyl (C=O) groups is 1. The van der Waals surface area contributed by atoms with E-state index in [0.29, 0.717) is 38.7 Å². The van der Waals surface area contributed by atoms with Crippen molar-refractivity contribution < 1.29 is 19.0 Å². The summed E-state index contributed by atoms with van der Waals surface area (Å²) in [5, 5.41) is 9.55. The van der Waals surface area contributed by atoms with Crippen molar-refractivity contribution in [2.45, 2.75) is 98.5 Å². The second-order valence-corrected chi connectivity index (χ2v) is 13.1. The number of allylic oxidation sites excluding steroid dienone is 1. The van der Waals surface area contributed by atoms with Crippen molar-refractivity contribution in [3.8, 4) is 6.07 Å². The Morgan fingerprint density at radius 3 is 2.61 bits per heavy atom. The van der Waals surface area contributed by atoms with Gasteiger partial charge in [0, 0.05) is 17.3 Å². The fourth-order valence-electron chi connectivity index (χ4n) is 8.68. The van der Waals surface area contributed by atoms with Gasteiger partial charge < -0.3 is 14.2 Å². The van der Waals surface area contributed by atoms with Crippen LogP contribution in [-0.2, 0) is 19.0 Å². The summed E-state index contributed by atoms with van der Waals surface area (Å²) in [5.74, 6) is 0.226. The summed E-state index contributed by atoms with van der Waals surface area (Å²) in [6.07, 6.45) is 4.89. The first kappa shape index (κ1) is 23.1. The Hall–Kier alpha value is -0.350. The number of ketones is 1. The first-order valence-electron chi connectivity index (χ1n) is 12.1. The van der Waals surface area contributed by atoms with Gasteiger partial charge in [-0.1, -0.05) is 20.8 Å². The zero-order valence-electron chi connectivity index (χ0n) is 19.2. The van der Waals surface area contributed by atoms with Gasteiger partial charge in [0.1, 0.15) is 11.7 Å². The van der Waals surface area contributed by atoms with E-state index >= 15 is 0 Å². The number of ether oxygens (including phenoxy) is 3. The molecular formula is C25H30Cl3NO4. The number of epoxide rings is 1. The average molecular weight is 515 g/mol. The van der Waals surface area contributed by atoms with Crippen molar-refractivity contribution in [2.75, 3.05) is 6.61 Å². The van der Waals surface area contributed by atoms with Crippen LogP contribution in [0, 0.1) is 34.0 Å². The fourth-order valence-corrected chi connectivity index (χ4v) is 10.4. The largest absolute Gasteiger partial charge is 0.351 e. The molecule has 5 nitrogen and oxygen atoms in total. The Labute approximate surface area is 210 Å². The first-order valence-corrected chi connectivity index (χ1v) is 13.4. The number of nitrogens with zero attached hydrogens (tertiary/aromatic N) is 1. The van der Waals surface area contributed by atoms with Crippen LogP contribution in [0.4, 0.5) is 0 Å². The van der Waals surface area contributed by atoms with E-state index in [2.05, 4.69) is 19.9 Å². The number of nitriles is 1. The highest BCUT2D eigenvalue weighted by atomic mass is 35.5. The maximum atomic E-state index is 12.3. The van der Waals surface area contributed by atoms with Crippen LogP contribution in [-0.4, -0.2) is 51.6 Å². The highest BCUT2D eigenvalue weighted by molar-refractivity contribution is 6.34. The van der Waals surface area contributed by atoms with Gasteiger partial charge in [-0.3, -0.25) is 4.79 Å². The van der Waals surface area contributed by atoms with Crippen LogP contribution >= 0.6 is 34.8 Å². The minimum absolute atomic E-state index is 0.00233. The third-order valence-electron chi connectivity index (χ3n) is 10.3. The maximum absolute atomic E-state index is 12.3. The summed E-state index contributed by atoms with van der Waals surface area (Å²) in [5.41, 5.74) is -1.89. The van der Waals surface area contributed by atoms with Crippen LogP contribution < -0.4 is 0 Å². The highest BCUT2D eigenvalue weighted by Crippen LogP contribution is 2.76. The summed E-state index contributed by atoms with van der Waals surface area (Å²) < 4.78 is 19.0. The lowest BCUT2D eigenvalue weighted by Gasteiger charge is -2.66. The molecular weight excluding hydrogens is 485 g/mol. The molecule has 0 bridgehead atoms. The molecule has 2 saturated heterocycles. The van der Waals surface area contributed by atoms with E-state index in [4.69, 9.17) is 49.0 Å². The molecule has 0 radical (unpaired) electrons. The van der Waals surface area contributed by atoms with Crippen LogP contribution in [0.15, 0.2) is 11.6 Å². The van der Waals surface area contributed by atoms with Gasteiger partial charge in [0.25, 0.3) is 0 Å². The SMILES string of the molecule is CCC1O[C@@H]2C[C@H]3[C@@H]4C[C@H](Cl)C5=CC(=O)CC[C@]5(C)[C@@]4(Cl)[C@@H](Cl)C[C@]3(C)[C@]2(C2(C#N)CO2)O1. The zero-order valence-corrected chi connectivity index (χ0v) is 21.5. The van der Waals surface area contributed by atoms with E-state index in [1.165, 1.54) is 0 Å². The van der Waals surface area contributed by atoms with Gasteiger partial charge in [0.05, 0.1) is 28.3 Å². The molecule has 6 rings (SSSR count). The summed E-state index contributed by atoms with van der Waals surface area (Å²) in [7, 11) is 0. The van der Waals surface area contributed by atoms with Gasteiger partial charge >= 0.3 is 0 Å². The van der Waals surface area contributed by atoms with Crippen LogP contribution in [0.2, 0.25) is 0 Å². The second-order valence-electron chi connectivity index (χ2n) is 11.5. The molecule has 0 aromatic rings. The maximum Gasteiger partial charge on any atom is 0.209 e. The molecule has 5 fully saturated rings. The molecule has 8 heteroatoms. The van der Waals surface area contributed by atoms with E-state index < -0.39 is 26.9 Å². The average Bonchev–Trinajstić information content (AvgIpc) is 3.43. The van der Waals surface area contributed by atoms with Gasteiger partial charge in [-0.2, -0.15) is 5.26 Å². The van der Waals surface area contributed by atoms with Gasteiger partial charge in [-0.15, -0.1) is 34.8 Å². The van der Waals surface area contributed by atoms with Crippen molar-refractivity contribution in [2.24, 2.45) is 22.7 Å². The molecule has 0 aromatic carbocycles. The smallest absolute Gasteiger partial charge is 0.209 e. The highest BCUT2D eigenvalue weighted by Gasteiger charge is 2.85. The van der Waals surface area contributed by atoms with Crippen molar-refractivity contribution >= 4 is 40.6 Å². The quantitative estimate of drug-likeness (QED) is 0.378. The number of hydrogen-bond donors (Lipinski definition) is 0. The monoisotopic (exact) mass is 513 g/mol. The van der Waals surface area contributed by atoms with Gasteiger partial charge in [0.15, 0.2) is 12.1 Å². The van der Waals surface area contributed by atoms with E-state index in [1.54, 1.807) is 6.08 Å². The van der Waals surface area contributed by atoms with Gasteiger partial charge in [-0.25, -0.2) is 0 Å². The van der Waals surface area contributed by atoms with Crippen LogP contribution in [0.5, 0.6) is 0 Å². The normalized spacial score (nSPS) is 59.1. The summed E-state index contributed by atoms with van der Waals surface area (Å²) in [6, 6.07) is 2.45. The lowest BCUT2D eigenvalue weighted by atomic mass is 9.45. The van der Waals surface area contributed by atoms with Crippen molar-refractivity contribution in [3.63, 3.8) is 0 Å². The molecule has 0 N–H and O–H groups in total. The van der Waals surface area contributed by atoms with Crippen molar-refractivity contribution in [3.05, 3.63) is 11.6 Å². The third kappa shape index (κ3) is 2.45. The zero-order chi connectivity index (χ0) is 23.6. The fraction of sp³-hybridized carbons (Fsp3) is 0.840. The molecule has 2 heterocycles. The molecule has 4 aliphatic carbocycles. The van der Waals surface area contributed by atoms with E-state index in [-0.39, 0.29) is 40.8 Å². The molecule has 2 unspecified atom stereocenters. The Morgan fingerprint density at radius 2 is 1.97 bits per heavy atom. The number of halogens is 3. The first-order chi connectivity index (χ1) is 15.5. The second kappa shape index (κ2) is 6.90. The molecule has 3 saturated carbocycles. The number of carbonyl (C=O) groups excluding carboxylic acids is 1. The predicted molar refractivity (Wildman–Crippen MR) is 124 cm³/mol. The van der Waals surface area contributed by atoms with Gasteiger partial charge in [-0.05, 0) is 55.6 Å². The Bertz CT molecular complexity index is 993. The Balaban J connectivity index is 1.49. The van der Waals surface area contributed by atoms with Crippen LogP contribution in [0.1, 0.15) is 59.3 Å². The van der Waals surface area contributed by atoms with Crippen LogP contribution in [0.3, 0.4) is 0 Å². The Kier molecular flexibility index (Phi) is 4.82. The molecule has 33 heavy (non-hydrogen) atoms. The topological polar surface area (TPSA) is 71.9 Å². The van der Waals surface area contributed by atoms with Gasteiger partial charge in [0.2, 0.25) is 5.60 Å². The van der Waals surface area contributed by atoms with E-state index in [1.807, 2.05) is 6.92 Å². The number of rotatable bonds is 2. The minimum Gasteiger partial charge on any atom is -0.351 e. The third-order valence-corrected chi connectivity index (χ3v) is 12.3.